The molecule has 0 aliphatic carbocycles. The van der Waals surface area contributed by atoms with E-state index in [1.54, 1.807) is 0 Å². The van der Waals surface area contributed by atoms with Gasteiger partial charge in [0.25, 0.3) is 0 Å². The molecule has 0 unspecified atom stereocenters. The summed E-state index contributed by atoms with van der Waals surface area (Å²) in [6.45, 7) is 4.87. The molecule has 0 saturated carbocycles. The van der Waals surface area contributed by atoms with Crippen molar-refractivity contribution in [3.05, 3.63) is 71.3 Å². The number of nitrogens with zero attached hydrogens (tertiary/aromatic N) is 4. The topological polar surface area (TPSA) is 67.9 Å². The fraction of sp³-hybridized carbons (Fsp3) is 0.250. The van der Waals surface area contributed by atoms with Crippen molar-refractivity contribution in [1.29, 1.82) is 0 Å². The zero-order valence-electron chi connectivity index (χ0n) is 14.3. The SMILES string of the molecule is Cc1cncc(CN2CCc3nc(-c4ccc(N)cc4)ncc3C2)c1. The summed E-state index contributed by atoms with van der Waals surface area (Å²) in [5, 5.41) is 0. The summed E-state index contributed by atoms with van der Waals surface area (Å²) in [6.07, 6.45) is 6.75. The lowest BCUT2D eigenvalue weighted by atomic mass is 10.1. The Morgan fingerprint density at radius 3 is 2.76 bits per heavy atom. The summed E-state index contributed by atoms with van der Waals surface area (Å²) in [6, 6.07) is 9.91. The third-order valence-corrected chi connectivity index (χ3v) is 4.52. The molecule has 0 spiro atoms. The van der Waals surface area contributed by atoms with Gasteiger partial charge >= 0.3 is 0 Å². The molecule has 1 aliphatic rings. The quantitative estimate of drug-likeness (QED) is 0.747. The van der Waals surface area contributed by atoms with E-state index in [9.17, 15) is 0 Å². The molecule has 0 atom stereocenters. The van der Waals surface area contributed by atoms with Crippen molar-refractivity contribution in [3.8, 4) is 11.4 Å². The van der Waals surface area contributed by atoms with Gasteiger partial charge in [0.1, 0.15) is 0 Å². The second-order valence-electron chi connectivity index (χ2n) is 6.62. The van der Waals surface area contributed by atoms with E-state index >= 15 is 0 Å². The number of rotatable bonds is 3. The molecule has 0 radical (unpaired) electrons. The van der Waals surface area contributed by atoms with Crippen molar-refractivity contribution in [2.75, 3.05) is 12.3 Å². The van der Waals surface area contributed by atoms with Crippen molar-refractivity contribution in [2.45, 2.75) is 26.4 Å². The highest BCUT2D eigenvalue weighted by molar-refractivity contribution is 5.58. The number of hydrogen-bond donors (Lipinski definition) is 1. The van der Waals surface area contributed by atoms with Crippen LogP contribution in [0, 0.1) is 6.92 Å². The summed E-state index contributed by atoms with van der Waals surface area (Å²) in [5.41, 5.74) is 12.3. The van der Waals surface area contributed by atoms with Crippen molar-refractivity contribution in [2.24, 2.45) is 0 Å². The first-order chi connectivity index (χ1) is 12.2. The number of benzene rings is 1. The van der Waals surface area contributed by atoms with Crippen LogP contribution in [-0.2, 0) is 19.5 Å². The zero-order chi connectivity index (χ0) is 17.2. The minimum Gasteiger partial charge on any atom is -0.399 e. The Kier molecular flexibility index (Phi) is 4.15. The van der Waals surface area contributed by atoms with Gasteiger partial charge in [-0.05, 0) is 42.3 Å². The number of nitrogen functional groups attached to an aromatic ring is 1. The summed E-state index contributed by atoms with van der Waals surface area (Å²) in [4.78, 5) is 16.0. The fourth-order valence-corrected chi connectivity index (χ4v) is 3.24. The number of aromatic nitrogens is 3. The van der Waals surface area contributed by atoms with Gasteiger partial charge in [0.2, 0.25) is 0 Å². The molecule has 0 fully saturated rings. The lowest BCUT2D eigenvalue weighted by molar-refractivity contribution is 0.242. The van der Waals surface area contributed by atoms with E-state index in [2.05, 4.69) is 27.9 Å². The van der Waals surface area contributed by atoms with E-state index in [1.165, 1.54) is 16.7 Å². The van der Waals surface area contributed by atoms with Gasteiger partial charge in [0, 0.05) is 61.5 Å². The molecule has 1 aromatic carbocycles. The van der Waals surface area contributed by atoms with Gasteiger partial charge in [0.15, 0.2) is 5.82 Å². The van der Waals surface area contributed by atoms with Gasteiger partial charge in [0.05, 0.1) is 5.69 Å². The van der Waals surface area contributed by atoms with Crippen molar-refractivity contribution in [1.82, 2.24) is 19.9 Å². The van der Waals surface area contributed by atoms with E-state index in [0.29, 0.717) is 0 Å². The van der Waals surface area contributed by atoms with Crippen LogP contribution in [0.4, 0.5) is 5.69 Å². The third-order valence-electron chi connectivity index (χ3n) is 4.52. The molecule has 2 N–H and O–H groups in total. The predicted molar refractivity (Wildman–Crippen MR) is 98.7 cm³/mol. The highest BCUT2D eigenvalue weighted by atomic mass is 15.1. The van der Waals surface area contributed by atoms with E-state index in [0.717, 1.165) is 48.8 Å². The molecular weight excluding hydrogens is 310 g/mol. The van der Waals surface area contributed by atoms with E-state index < -0.39 is 0 Å². The summed E-state index contributed by atoms with van der Waals surface area (Å²) < 4.78 is 0. The number of fused-ring (bicyclic) bond motifs is 1. The maximum absolute atomic E-state index is 5.75. The summed E-state index contributed by atoms with van der Waals surface area (Å²) in [5.74, 6) is 0.773. The number of anilines is 1. The molecule has 2 aromatic heterocycles. The molecule has 0 bridgehead atoms. The second-order valence-corrected chi connectivity index (χ2v) is 6.62. The van der Waals surface area contributed by atoms with E-state index in [4.69, 9.17) is 10.7 Å². The summed E-state index contributed by atoms with van der Waals surface area (Å²) in [7, 11) is 0. The molecule has 0 saturated heterocycles. The molecule has 5 nitrogen and oxygen atoms in total. The minimum absolute atomic E-state index is 0.753. The molecule has 3 aromatic rings. The zero-order valence-corrected chi connectivity index (χ0v) is 14.3. The first kappa shape index (κ1) is 15.7. The van der Waals surface area contributed by atoms with Crippen LogP contribution >= 0.6 is 0 Å². The Morgan fingerprint density at radius 2 is 1.96 bits per heavy atom. The highest BCUT2D eigenvalue weighted by Crippen LogP contribution is 2.22. The third kappa shape index (κ3) is 3.51. The first-order valence-electron chi connectivity index (χ1n) is 8.51. The average Bonchev–Trinajstić information content (AvgIpc) is 2.62. The van der Waals surface area contributed by atoms with Crippen LogP contribution in [0.3, 0.4) is 0 Å². The van der Waals surface area contributed by atoms with Crippen LogP contribution in [-0.4, -0.2) is 26.4 Å². The largest absolute Gasteiger partial charge is 0.399 e. The molecule has 3 heterocycles. The Hall–Kier alpha value is -2.79. The monoisotopic (exact) mass is 331 g/mol. The van der Waals surface area contributed by atoms with Gasteiger partial charge in [-0.2, -0.15) is 0 Å². The molecule has 25 heavy (non-hydrogen) atoms. The van der Waals surface area contributed by atoms with Crippen molar-refractivity contribution in [3.63, 3.8) is 0 Å². The second kappa shape index (κ2) is 6.61. The van der Waals surface area contributed by atoms with Crippen LogP contribution in [0.25, 0.3) is 11.4 Å². The Bertz CT molecular complexity index is 889. The molecule has 0 amide bonds. The van der Waals surface area contributed by atoms with Crippen LogP contribution < -0.4 is 5.73 Å². The normalized spacial score (nSPS) is 14.3. The molecular formula is C20H21N5. The maximum atomic E-state index is 5.75. The number of pyridine rings is 1. The standard InChI is InChI=1S/C20H21N5/c1-14-8-15(10-22-9-14)12-25-7-6-19-17(13-25)11-23-20(24-19)16-2-4-18(21)5-3-16/h2-5,8-11H,6-7,12-13,21H2,1H3. The Morgan fingerprint density at radius 1 is 1.12 bits per heavy atom. The molecule has 4 rings (SSSR count). The van der Waals surface area contributed by atoms with Gasteiger partial charge in [-0.15, -0.1) is 0 Å². The van der Waals surface area contributed by atoms with Gasteiger partial charge in [-0.1, -0.05) is 6.07 Å². The number of nitrogens with two attached hydrogens (primary N) is 1. The van der Waals surface area contributed by atoms with Crippen LogP contribution in [0.1, 0.15) is 22.4 Å². The molecule has 1 aliphatic heterocycles. The van der Waals surface area contributed by atoms with Crippen LogP contribution in [0.2, 0.25) is 0 Å². The maximum Gasteiger partial charge on any atom is 0.159 e. The molecule has 5 heteroatoms. The Balaban J connectivity index is 1.51. The van der Waals surface area contributed by atoms with Crippen LogP contribution in [0.15, 0.2) is 48.9 Å². The number of hydrogen-bond acceptors (Lipinski definition) is 5. The minimum atomic E-state index is 0.753. The van der Waals surface area contributed by atoms with Crippen molar-refractivity contribution >= 4 is 5.69 Å². The smallest absolute Gasteiger partial charge is 0.159 e. The van der Waals surface area contributed by atoms with Gasteiger partial charge in [-0.3, -0.25) is 9.88 Å². The fourth-order valence-electron chi connectivity index (χ4n) is 3.24. The van der Waals surface area contributed by atoms with Gasteiger partial charge < -0.3 is 5.73 Å². The summed E-state index contributed by atoms with van der Waals surface area (Å²) >= 11 is 0. The van der Waals surface area contributed by atoms with E-state index in [-0.39, 0.29) is 0 Å². The molecule has 126 valence electrons. The predicted octanol–water partition coefficient (Wildman–Crippen LogP) is 2.99. The Labute approximate surface area is 147 Å². The first-order valence-corrected chi connectivity index (χ1v) is 8.51. The van der Waals surface area contributed by atoms with Gasteiger partial charge in [-0.25, -0.2) is 9.97 Å². The average molecular weight is 331 g/mol. The van der Waals surface area contributed by atoms with Crippen molar-refractivity contribution < 1.29 is 0 Å². The van der Waals surface area contributed by atoms with Crippen LogP contribution in [0.5, 0.6) is 0 Å². The highest BCUT2D eigenvalue weighted by Gasteiger charge is 2.19. The lowest BCUT2D eigenvalue weighted by Crippen LogP contribution is -2.31. The van der Waals surface area contributed by atoms with E-state index in [1.807, 2.05) is 42.9 Å². The number of aryl methyl sites for hydroxylation is 1. The lowest BCUT2D eigenvalue weighted by Gasteiger charge is -2.28.